The summed E-state index contributed by atoms with van der Waals surface area (Å²) < 4.78 is 5.18. The van der Waals surface area contributed by atoms with Crippen molar-refractivity contribution in [3.8, 4) is 0 Å². The highest BCUT2D eigenvalue weighted by molar-refractivity contribution is 5.73. The number of carbonyl (C=O) groups is 1. The van der Waals surface area contributed by atoms with E-state index in [-0.39, 0.29) is 18.1 Å². The largest absolute Gasteiger partial charge is 0.376 e. The summed E-state index contributed by atoms with van der Waals surface area (Å²) >= 11 is 0. The highest BCUT2D eigenvalue weighted by Gasteiger charge is 2.24. The molecule has 1 aliphatic rings. The molecule has 0 aromatic heterocycles. The van der Waals surface area contributed by atoms with Gasteiger partial charge in [-0.2, -0.15) is 0 Å². The summed E-state index contributed by atoms with van der Waals surface area (Å²) in [5, 5.41) is 2.78. The molecule has 0 spiro atoms. The van der Waals surface area contributed by atoms with Crippen LogP contribution in [0.25, 0.3) is 0 Å². The standard InChI is InChI=1S/C7H13NO2/c1-5(8-6(2)9)7-3-4-10-7/h5,7H,3-4H2,1-2H3,(H,8,9). The predicted molar refractivity (Wildman–Crippen MR) is 37.6 cm³/mol. The Morgan fingerprint density at radius 3 is 2.70 bits per heavy atom. The van der Waals surface area contributed by atoms with Gasteiger partial charge in [0.05, 0.1) is 12.1 Å². The van der Waals surface area contributed by atoms with Crippen LogP contribution in [0, 0.1) is 0 Å². The Labute approximate surface area is 60.7 Å². The Bertz CT molecular complexity index is 132. The van der Waals surface area contributed by atoms with Crippen LogP contribution in [0.4, 0.5) is 0 Å². The molecule has 2 unspecified atom stereocenters. The van der Waals surface area contributed by atoms with Crippen molar-refractivity contribution in [3.63, 3.8) is 0 Å². The highest BCUT2D eigenvalue weighted by Crippen LogP contribution is 2.14. The van der Waals surface area contributed by atoms with Crippen molar-refractivity contribution in [3.05, 3.63) is 0 Å². The minimum atomic E-state index is 0.0167. The number of carbonyl (C=O) groups excluding carboxylic acids is 1. The number of nitrogens with one attached hydrogen (secondary N) is 1. The molecule has 1 N–H and O–H groups in total. The molecule has 10 heavy (non-hydrogen) atoms. The molecule has 1 fully saturated rings. The second-order valence-electron chi connectivity index (χ2n) is 2.69. The van der Waals surface area contributed by atoms with Crippen molar-refractivity contribution < 1.29 is 9.53 Å². The minimum absolute atomic E-state index is 0.0167. The van der Waals surface area contributed by atoms with E-state index in [1.165, 1.54) is 6.92 Å². The third-order valence-electron chi connectivity index (χ3n) is 1.72. The van der Waals surface area contributed by atoms with Crippen LogP contribution in [0.1, 0.15) is 20.3 Å². The molecule has 1 heterocycles. The van der Waals surface area contributed by atoms with Crippen LogP contribution in [0.2, 0.25) is 0 Å². The summed E-state index contributed by atoms with van der Waals surface area (Å²) in [5.41, 5.74) is 0. The van der Waals surface area contributed by atoms with Gasteiger partial charge in [0.15, 0.2) is 0 Å². The lowest BCUT2D eigenvalue weighted by Crippen LogP contribution is -2.46. The van der Waals surface area contributed by atoms with E-state index in [0.717, 1.165) is 13.0 Å². The third-order valence-corrected chi connectivity index (χ3v) is 1.72. The van der Waals surface area contributed by atoms with Gasteiger partial charge in [0.2, 0.25) is 5.91 Å². The second kappa shape index (κ2) is 3.01. The molecule has 3 nitrogen and oxygen atoms in total. The van der Waals surface area contributed by atoms with E-state index in [0.29, 0.717) is 0 Å². The van der Waals surface area contributed by atoms with E-state index < -0.39 is 0 Å². The van der Waals surface area contributed by atoms with Crippen LogP contribution in [0.15, 0.2) is 0 Å². The lowest BCUT2D eigenvalue weighted by Gasteiger charge is -2.31. The topological polar surface area (TPSA) is 38.3 Å². The fourth-order valence-electron chi connectivity index (χ4n) is 1.06. The number of rotatable bonds is 2. The monoisotopic (exact) mass is 143 g/mol. The van der Waals surface area contributed by atoms with E-state index in [9.17, 15) is 4.79 Å². The first-order valence-corrected chi connectivity index (χ1v) is 3.59. The smallest absolute Gasteiger partial charge is 0.217 e. The fraction of sp³-hybridized carbons (Fsp3) is 0.857. The molecule has 58 valence electrons. The van der Waals surface area contributed by atoms with Gasteiger partial charge in [-0.3, -0.25) is 4.79 Å². The van der Waals surface area contributed by atoms with Crippen molar-refractivity contribution >= 4 is 5.91 Å². The molecule has 1 rings (SSSR count). The Hall–Kier alpha value is -0.570. The van der Waals surface area contributed by atoms with Gasteiger partial charge in [-0.05, 0) is 13.3 Å². The van der Waals surface area contributed by atoms with E-state index in [2.05, 4.69) is 5.32 Å². The normalized spacial score (nSPS) is 26.8. The molecule has 0 aromatic rings. The molecule has 3 heteroatoms. The van der Waals surface area contributed by atoms with Crippen LogP contribution in [0.3, 0.4) is 0 Å². The average molecular weight is 143 g/mol. The molecular weight excluding hydrogens is 130 g/mol. The van der Waals surface area contributed by atoms with E-state index in [1.807, 2.05) is 6.92 Å². The molecule has 1 amide bonds. The second-order valence-corrected chi connectivity index (χ2v) is 2.69. The average Bonchev–Trinajstić information content (AvgIpc) is 1.55. The van der Waals surface area contributed by atoms with Crippen LogP contribution in [0.5, 0.6) is 0 Å². The summed E-state index contributed by atoms with van der Waals surface area (Å²) in [6, 6.07) is 0.172. The quantitative estimate of drug-likeness (QED) is 0.603. The number of hydrogen-bond acceptors (Lipinski definition) is 2. The zero-order chi connectivity index (χ0) is 7.56. The molecule has 2 atom stereocenters. The summed E-state index contributed by atoms with van der Waals surface area (Å²) in [7, 11) is 0. The maximum atomic E-state index is 10.5. The Balaban J connectivity index is 2.19. The van der Waals surface area contributed by atoms with Gasteiger partial charge in [-0.1, -0.05) is 0 Å². The first kappa shape index (κ1) is 7.54. The number of ether oxygens (including phenoxy) is 1. The summed E-state index contributed by atoms with van der Waals surface area (Å²) in [6.07, 6.45) is 1.32. The zero-order valence-corrected chi connectivity index (χ0v) is 6.39. The lowest BCUT2D eigenvalue weighted by atomic mass is 10.1. The molecule has 0 radical (unpaired) electrons. The molecule has 1 saturated heterocycles. The van der Waals surface area contributed by atoms with E-state index in [1.54, 1.807) is 0 Å². The maximum Gasteiger partial charge on any atom is 0.217 e. The van der Waals surface area contributed by atoms with Gasteiger partial charge < -0.3 is 10.1 Å². The molecule has 0 bridgehead atoms. The lowest BCUT2D eigenvalue weighted by molar-refractivity contribution is -0.123. The van der Waals surface area contributed by atoms with Crippen LogP contribution in [-0.2, 0) is 9.53 Å². The van der Waals surface area contributed by atoms with Crippen molar-refractivity contribution in [2.45, 2.75) is 32.4 Å². The maximum absolute atomic E-state index is 10.5. The third kappa shape index (κ3) is 1.70. The minimum Gasteiger partial charge on any atom is -0.376 e. The summed E-state index contributed by atoms with van der Waals surface area (Å²) in [5.74, 6) is 0.0167. The van der Waals surface area contributed by atoms with Crippen LogP contribution in [-0.4, -0.2) is 24.7 Å². The van der Waals surface area contributed by atoms with E-state index in [4.69, 9.17) is 4.74 Å². The van der Waals surface area contributed by atoms with Crippen molar-refractivity contribution in [1.82, 2.24) is 5.32 Å². The summed E-state index contributed by atoms with van der Waals surface area (Å²) in [6.45, 7) is 4.33. The van der Waals surface area contributed by atoms with Gasteiger partial charge in [0.1, 0.15) is 0 Å². The first-order valence-electron chi connectivity index (χ1n) is 3.59. The fourth-order valence-corrected chi connectivity index (χ4v) is 1.06. The molecule has 0 aromatic carbocycles. The zero-order valence-electron chi connectivity index (χ0n) is 6.39. The van der Waals surface area contributed by atoms with E-state index >= 15 is 0 Å². The predicted octanol–water partition coefficient (Wildman–Crippen LogP) is 0.300. The van der Waals surface area contributed by atoms with Gasteiger partial charge in [-0.15, -0.1) is 0 Å². The van der Waals surface area contributed by atoms with Crippen molar-refractivity contribution in [2.75, 3.05) is 6.61 Å². The van der Waals surface area contributed by atoms with Gasteiger partial charge in [0, 0.05) is 13.5 Å². The summed E-state index contributed by atoms with van der Waals surface area (Å²) in [4.78, 5) is 10.5. The highest BCUT2D eigenvalue weighted by atomic mass is 16.5. The van der Waals surface area contributed by atoms with Crippen LogP contribution >= 0.6 is 0 Å². The Morgan fingerprint density at radius 2 is 2.40 bits per heavy atom. The van der Waals surface area contributed by atoms with Gasteiger partial charge in [0.25, 0.3) is 0 Å². The SMILES string of the molecule is CC(=O)NC(C)C1CCO1. The molecule has 0 saturated carbocycles. The van der Waals surface area contributed by atoms with Crippen molar-refractivity contribution in [1.29, 1.82) is 0 Å². The molecular formula is C7H13NO2. The number of hydrogen-bond donors (Lipinski definition) is 1. The van der Waals surface area contributed by atoms with Gasteiger partial charge in [-0.25, -0.2) is 0 Å². The van der Waals surface area contributed by atoms with Crippen molar-refractivity contribution in [2.24, 2.45) is 0 Å². The number of amides is 1. The Morgan fingerprint density at radius 1 is 1.80 bits per heavy atom. The molecule has 1 aliphatic heterocycles. The molecule has 0 aliphatic carbocycles. The Kier molecular flexibility index (Phi) is 2.27. The first-order chi connectivity index (χ1) is 4.70. The van der Waals surface area contributed by atoms with Crippen LogP contribution < -0.4 is 5.32 Å². The van der Waals surface area contributed by atoms with Gasteiger partial charge >= 0.3 is 0 Å².